The highest BCUT2D eigenvalue weighted by Gasteiger charge is 2.33. The quantitative estimate of drug-likeness (QED) is 0.326. The van der Waals surface area contributed by atoms with Crippen LogP contribution in [0.25, 0.3) is 16.7 Å². The van der Waals surface area contributed by atoms with Crippen LogP contribution in [0.1, 0.15) is 36.7 Å². The topological polar surface area (TPSA) is 76.9 Å². The maximum Gasteiger partial charge on any atom is 0.410 e. The minimum Gasteiger partial charge on any atom is -0.444 e. The van der Waals surface area contributed by atoms with E-state index in [1.807, 2.05) is 64.1 Å². The molecule has 2 amide bonds. The normalized spacial score (nSPS) is 14.0. The molecule has 202 valence electrons. The smallest absolute Gasteiger partial charge is 0.410 e. The molecule has 0 atom stereocenters. The molecule has 0 N–H and O–H groups in total. The number of benzene rings is 2. The minimum atomic E-state index is -0.600. The zero-order chi connectivity index (χ0) is 27.7. The second kappa shape index (κ2) is 10.4. The van der Waals surface area contributed by atoms with Gasteiger partial charge in [-0.25, -0.2) is 14.2 Å². The van der Waals surface area contributed by atoms with Gasteiger partial charge in [-0.2, -0.15) is 0 Å². The van der Waals surface area contributed by atoms with E-state index in [-0.39, 0.29) is 11.8 Å². The molecule has 4 aromatic rings. The summed E-state index contributed by atoms with van der Waals surface area (Å²) in [5, 5.41) is 0.616. The number of para-hydroxylation sites is 1. The van der Waals surface area contributed by atoms with E-state index in [1.54, 1.807) is 32.7 Å². The third kappa shape index (κ3) is 5.43. The maximum absolute atomic E-state index is 14.2. The number of carbonyl (C=O) groups is 2. The molecule has 0 bridgehead atoms. The van der Waals surface area contributed by atoms with Crippen LogP contribution >= 0.6 is 0 Å². The molecule has 8 nitrogen and oxygen atoms in total. The molecule has 9 heteroatoms. The van der Waals surface area contributed by atoms with Crippen molar-refractivity contribution in [2.24, 2.45) is 0 Å². The number of nitrogens with zero attached hydrogens (tertiary/aromatic N) is 4. The van der Waals surface area contributed by atoms with Gasteiger partial charge in [0.1, 0.15) is 28.4 Å². The van der Waals surface area contributed by atoms with E-state index >= 15 is 0 Å². The van der Waals surface area contributed by atoms with Gasteiger partial charge in [0.25, 0.3) is 5.91 Å². The van der Waals surface area contributed by atoms with Crippen LogP contribution < -0.4 is 4.74 Å². The zero-order valence-electron chi connectivity index (χ0n) is 22.5. The van der Waals surface area contributed by atoms with Crippen molar-refractivity contribution >= 4 is 23.0 Å². The van der Waals surface area contributed by atoms with Crippen molar-refractivity contribution in [2.75, 3.05) is 26.2 Å². The van der Waals surface area contributed by atoms with Crippen molar-refractivity contribution in [3.63, 3.8) is 0 Å². The second-order valence-electron chi connectivity index (χ2n) is 10.5. The van der Waals surface area contributed by atoms with Crippen molar-refractivity contribution in [3.8, 4) is 17.3 Å². The number of amides is 2. The van der Waals surface area contributed by atoms with Crippen molar-refractivity contribution in [2.45, 2.75) is 33.3 Å². The number of ether oxygens (including phenoxy) is 2. The lowest BCUT2D eigenvalue weighted by Gasteiger charge is -2.35. The largest absolute Gasteiger partial charge is 0.444 e. The van der Waals surface area contributed by atoms with E-state index in [1.165, 1.54) is 12.1 Å². The molecular weight excluding hydrogens is 499 g/mol. The van der Waals surface area contributed by atoms with Crippen LogP contribution in [0.5, 0.6) is 11.6 Å². The number of hydrogen-bond acceptors (Lipinski definition) is 5. The van der Waals surface area contributed by atoms with Gasteiger partial charge in [-0.3, -0.25) is 9.36 Å². The van der Waals surface area contributed by atoms with Crippen LogP contribution in [-0.2, 0) is 4.74 Å². The molecular formula is C30H31FN4O4. The van der Waals surface area contributed by atoms with Gasteiger partial charge in [-0.1, -0.05) is 24.3 Å². The first kappa shape index (κ1) is 26.2. The summed E-state index contributed by atoms with van der Waals surface area (Å²) >= 11 is 0. The van der Waals surface area contributed by atoms with Crippen molar-refractivity contribution in [1.29, 1.82) is 0 Å². The maximum atomic E-state index is 14.2. The van der Waals surface area contributed by atoms with Gasteiger partial charge in [-0.05, 0) is 63.6 Å². The first-order chi connectivity index (χ1) is 18.6. The number of fused-ring (bicyclic) bond motifs is 1. The number of carbonyl (C=O) groups excluding carboxylic acids is 2. The summed E-state index contributed by atoms with van der Waals surface area (Å²) in [7, 11) is 0. The summed E-state index contributed by atoms with van der Waals surface area (Å²) in [6.45, 7) is 8.63. The molecule has 0 radical (unpaired) electrons. The van der Waals surface area contributed by atoms with E-state index < -0.39 is 17.5 Å². The van der Waals surface area contributed by atoms with Gasteiger partial charge in [-0.15, -0.1) is 0 Å². The van der Waals surface area contributed by atoms with Crippen LogP contribution in [-0.4, -0.2) is 63.1 Å². The lowest BCUT2D eigenvalue weighted by atomic mass is 10.1. The SMILES string of the molecule is Cc1ccc(F)cc1Oc1c(C(=O)N2CCN(C(=O)OC(C)(C)C)CC2)c2cccnc2n1-c1ccccc1. The molecule has 1 fully saturated rings. The lowest BCUT2D eigenvalue weighted by molar-refractivity contribution is 0.0140. The summed E-state index contributed by atoms with van der Waals surface area (Å²) in [5.74, 6) is -0.139. The van der Waals surface area contributed by atoms with Gasteiger partial charge < -0.3 is 19.3 Å². The number of halogens is 1. The lowest BCUT2D eigenvalue weighted by Crippen LogP contribution is -2.51. The van der Waals surface area contributed by atoms with E-state index in [0.717, 1.165) is 11.3 Å². The zero-order valence-corrected chi connectivity index (χ0v) is 22.5. The summed E-state index contributed by atoms with van der Waals surface area (Å²) in [4.78, 5) is 34.6. The Bertz CT molecular complexity index is 1520. The number of aryl methyl sites for hydroxylation is 1. The van der Waals surface area contributed by atoms with Gasteiger partial charge in [0.05, 0.1) is 5.69 Å². The van der Waals surface area contributed by atoms with Crippen LogP contribution in [0.15, 0.2) is 66.9 Å². The van der Waals surface area contributed by atoms with Crippen LogP contribution in [0.3, 0.4) is 0 Å². The number of piperazine rings is 1. The molecule has 1 saturated heterocycles. The first-order valence-electron chi connectivity index (χ1n) is 12.9. The highest BCUT2D eigenvalue weighted by molar-refractivity contribution is 6.09. The summed E-state index contributed by atoms with van der Waals surface area (Å²) < 4.78 is 27.9. The molecule has 1 aliphatic heterocycles. The summed E-state index contributed by atoms with van der Waals surface area (Å²) in [6, 6.07) is 17.4. The molecule has 2 aromatic heterocycles. The Kier molecular flexibility index (Phi) is 6.99. The van der Waals surface area contributed by atoms with Gasteiger partial charge in [0.2, 0.25) is 5.88 Å². The fraction of sp³-hybridized carbons (Fsp3) is 0.300. The molecule has 1 aliphatic rings. The predicted molar refractivity (Wildman–Crippen MR) is 146 cm³/mol. The van der Waals surface area contributed by atoms with E-state index in [0.29, 0.717) is 48.5 Å². The van der Waals surface area contributed by atoms with Crippen molar-refractivity contribution in [3.05, 3.63) is 83.8 Å². The number of rotatable bonds is 4. The molecule has 0 aliphatic carbocycles. The molecule has 5 rings (SSSR count). The number of pyridine rings is 1. The van der Waals surface area contributed by atoms with Crippen molar-refractivity contribution < 1.29 is 23.5 Å². The fourth-order valence-corrected chi connectivity index (χ4v) is 4.58. The highest BCUT2D eigenvalue weighted by Crippen LogP contribution is 2.38. The standard InChI is InChI=1S/C30H31FN4O4/c1-20-12-13-21(31)19-24(20)38-28-25(23-11-8-14-32-26(23)35(28)22-9-6-5-7-10-22)27(36)33-15-17-34(18-16-33)29(37)39-30(2,3)4/h5-14,19H,15-18H2,1-4H3. The van der Waals surface area contributed by atoms with Crippen LogP contribution in [0.4, 0.5) is 9.18 Å². The van der Waals surface area contributed by atoms with E-state index in [9.17, 15) is 14.0 Å². The Balaban J connectivity index is 1.56. The highest BCUT2D eigenvalue weighted by atomic mass is 19.1. The fourth-order valence-electron chi connectivity index (χ4n) is 4.58. The van der Waals surface area contributed by atoms with Gasteiger partial charge >= 0.3 is 6.09 Å². The number of hydrogen-bond donors (Lipinski definition) is 0. The molecule has 0 spiro atoms. The van der Waals surface area contributed by atoms with Gasteiger partial charge in [0, 0.05) is 43.8 Å². The molecule has 3 heterocycles. The average Bonchev–Trinajstić information content (AvgIpc) is 3.23. The van der Waals surface area contributed by atoms with Crippen LogP contribution in [0.2, 0.25) is 0 Å². The molecule has 39 heavy (non-hydrogen) atoms. The van der Waals surface area contributed by atoms with E-state index in [2.05, 4.69) is 4.98 Å². The van der Waals surface area contributed by atoms with Gasteiger partial charge in [0.15, 0.2) is 0 Å². The third-order valence-corrected chi connectivity index (χ3v) is 6.49. The average molecular weight is 531 g/mol. The summed E-state index contributed by atoms with van der Waals surface area (Å²) in [6.07, 6.45) is 1.26. The Labute approximate surface area is 226 Å². The molecule has 0 unspecified atom stereocenters. The predicted octanol–water partition coefficient (Wildman–Crippen LogP) is 5.96. The second-order valence-corrected chi connectivity index (χ2v) is 10.5. The Morgan fingerprint density at radius 1 is 0.923 bits per heavy atom. The Hall–Kier alpha value is -4.40. The summed E-state index contributed by atoms with van der Waals surface area (Å²) in [5.41, 5.74) is 1.75. The third-order valence-electron chi connectivity index (χ3n) is 6.49. The van der Waals surface area contributed by atoms with Crippen LogP contribution in [0, 0.1) is 12.7 Å². The Morgan fingerprint density at radius 3 is 2.31 bits per heavy atom. The molecule has 0 saturated carbocycles. The number of aromatic nitrogens is 2. The first-order valence-corrected chi connectivity index (χ1v) is 12.9. The Morgan fingerprint density at radius 2 is 1.62 bits per heavy atom. The monoisotopic (exact) mass is 530 g/mol. The minimum absolute atomic E-state index is 0.253. The van der Waals surface area contributed by atoms with Crippen molar-refractivity contribution in [1.82, 2.24) is 19.4 Å². The molecule has 2 aromatic carbocycles. The van der Waals surface area contributed by atoms with E-state index in [4.69, 9.17) is 9.47 Å².